The number of aliphatic hydroxyl groups excluding tert-OH is 1. The van der Waals surface area contributed by atoms with Gasteiger partial charge in [-0.25, -0.2) is 0 Å². The summed E-state index contributed by atoms with van der Waals surface area (Å²) in [5, 5.41) is 13.6. The molecule has 0 aliphatic carbocycles. The minimum atomic E-state index is -0.0505. The van der Waals surface area contributed by atoms with E-state index in [1.54, 1.807) is 0 Å². The smallest absolute Gasteiger partial charge is 0.179 e. The first-order chi connectivity index (χ1) is 9.79. The Morgan fingerprint density at radius 1 is 1.25 bits per heavy atom. The van der Waals surface area contributed by atoms with Gasteiger partial charge in [0, 0.05) is 26.2 Å². The predicted octanol–water partition coefficient (Wildman–Crippen LogP) is 1.05. The summed E-state index contributed by atoms with van der Waals surface area (Å²) >= 11 is 6.27. The molecule has 2 aliphatic rings. The highest BCUT2D eigenvalue weighted by Crippen LogP contribution is 2.40. The molecule has 110 valence electrons. The van der Waals surface area contributed by atoms with Crippen LogP contribution in [0.25, 0.3) is 0 Å². The van der Waals surface area contributed by atoms with E-state index in [1.165, 1.54) is 0 Å². The van der Waals surface area contributed by atoms with Gasteiger partial charge in [-0.1, -0.05) is 11.6 Å². The van der Waals surface area contributed by atoms with E-state index < -0.39 is 0 Å². The summed E-state index contributed by atoms with van der Waals surface area (Å²) in [6, 6.07) is 3.76. The molecule has 0 radical (unpaired) electrons. The molecule has 6 heteroatoms. The number of fused-ring (bicyclic) bond motifs is 1. The molecule has 1 saturated heterocycles. The van der Waals surface area contributed by atoms with Gasteiger partial charge in [-0.15, -0.1) is 0 Å². The summed E-state index contributed by atoms with van der Waals surface area (Å²) in [6.45, 7) is 4.83. The van der Waals surface area contributed by atoms with Crippen molar-refractivity contribution in [2.24, 2.45) is 0 Å². The van der Waals surface area contributed by atoms with E-state index in [0.29, 0.717) is 29.7 Å². The van der Waals surface area contributed by atoms with Crippen LogP contribution in [-0.2, 0) is 0 Å². The van der Waals surface area contributed by atoms with Crippen molar-refractivity contribution in [1.29, 1.82) is 0 Å². The quantitative estimate of drug-likeness (QED) is 0.874. The number of hydrogen-bond donors (Lipinski definition) is 2. The molecule has 0 aromatic heterocycles. The summed E-state index contributed by atoms with van der Waals surface area (Å²) in [4.78, 5) is 2.26. The van der Waals surface area contributed by atoms with Gasteiger partial charge in [0.15, 0.2) is 11.5 Å². The lowest BCUT2D eigenvalue weighted by Crippen LogP contribution is -2.46. The summed E-state index contributed by atoms with van der Waals surface area (Å²) in [7, 11) is 0. The second-order valence-electron chi connectivity index (χ2n) is 5.01. The molecule has 0 saturated carbocycles. The minimum absolute atomic E-state index is 0.0505. The molecular formula is C14H19ClN2O3. The number of hydrogen-bond acceptors (Lipinski definition) is 5. The fraction of sp³-hybridized carbons (Fsp3) is 0.571. The lowest BCUT2D eigenvalue weighted by molar-refractivity contribution is 0.110. The normalized spacial score (nSPS) is 20.7. The zero-order chi connectivity index (χ0) is 13.9. The van der Waals surface area contributed by atoms with Crippen molar-refractivity contribution in [3.8, 4) is 11.5 Å². The summed E-state index contributed by atoms with van der Waals surface area (Å²) in [6.07, 6.45) is 0. The topological polar surface area (TPSA) is 54.0 Å². The molecule has 1 aromatic carbocycles. The van der Waals surface area contributed by atoms with Crippen LogP contribution in [0.5, 0.6) is 11.5 Å². The van der Waals surface area contributed by atoms with E-state index >= 15 is 0 Å². The molecule has 3 rings (SSSR count). The fourth-order valence-electron chi connectivity index (χ4n) is 2.75. The van der Waals surface area contributed by atoms with Crippen LogP contribution in [0.4, 0.5) is 0 Å². The SMILES string of the molecule is OCC(c1cc(Cl)c2c(c1)OCCO2)N1CCNCC1. The Hall–Kier alpha value is -1.01. The average molecular weight is 299 g/mol. The first kappa shape index (κ1) is 13.9. The molecule has 0 spiro atoms. The van der Waals surface area contributed by atoms with Gasteiger partial charge in [0.2, 0.25) is 0 Å². The first-order valence-corrected chi connectivity index (χ1v) is 7.32. The molecule has 0 amide bonds. The second-order valence-corrected chi connectivity index (χ2v) is 5.42. The number of piperazine rings is 1. The van der Waals surface area contributed by atoms with Crippen LogP contribution in [0, 0.1) is 0 Å². The van der Waals surface area contributed by atoms with Crippen LogP contribution in [0.1, 0.15) is 11.6 Å². The predicted molar refractivity (Wildman–Crippen MR) is 76.7 cm³/mol. The minimum Gasteiger partial charge on any atom is -0.486 e. The summed E-state index contributed by atoms with van der Waals surface area (Å²) in [5.74, 6) is 1.28. The lowest BCUT2D eigenvalue weighted by Gasteiger charge is -2.34. The fourth-order valence-corrected chi connectivity index (χ4v) is 3.02. The average Bonchev–Trinajstić information content (AvgIpc) is 2.49. The Bertz CT molecular complexity index is 478. The Morgan fingerprint density at radius 3 is 2.75 bits per heavy atom. The van der Waals surface area contributed by atoms with E-state index in [-0.39, 0.29) is 12.6 Å². The van der Waals surface area contributed by atoms with Crippen LogP contribution in [0.2, 0.25) is 5.02 Å². The molecule has 1 atom stereocenters. The third-order valence-electron chi connectivity index (χ3n) is 3.77. The number of ether oxygens (including phenoxy) is 2. The molecule has 20 heavy (non-hydrogen) atoms. The van der Waals surface area contributed by atoms with E-state index in [1.807, 2.05) is 12.1 Å². The van der Waals surface area contributed by atoms with Gasteiger partial charge >= 0.3 is 0 Å². The van der Waals surface area contributed by atoms with Crippen molar-refractivity contribution < 1.29 is 14.6 Å². The second kappa shape index (κ2) is 6.18. The number of halogens is 1. The lowest BCUT2D eigenvalue weighted by atomic mass is 10.0. The van der Waals surface area contributed by atoms with Gasteiger partial charge in [0.25, 0.3) is 0 Å². The van der Waals surface area contributed by atoms with Crippen molar-refractivity contribution in [3.63, 3.8) is 0 Å². The van der Waals surface area contributed by atoms with E-state index in [9.17, 15) is 5.11 Å². The van der Waals surface area contributed by atoms with Crippen LogP contribution in [0.3, 0.4) is 0 Å². The number of rotatable bonds is 3. The maximum atomic E-state index is 9.75. The van der Waals surface area contributed by atoms with Gasteiger partial charge in [-0.05, 0) is 17.7 Å². The number of nitrogens with zero attached hydrogens (tertiary/aromatic N) is 1. The van der Waals surface area contributed by atoms with E-state index in [2.05, 4.69) is 10.2 Å². The Balaban J connectivity index is 1.89. The maximum absolute atomic E-state index is 9.75. The number of benzene rings is 1. The Morgan fingerprint density at radius 2 is 2.00 bits per heavy atom. The third-order valence-corrected chi connectivity index (χ3v) is 4.05. The van der Waals surface area contributed by atoms with Crippen LogP contribution >= 0.6 is 11.6 Å². The standard InChI is InChI=1S/C14H19ClN2O3/c15-11-7-10(8-13-14(11)20-6-5-19-13)12(9-18)17-3-1-16-2-4-17/h7-8,12,16,18H,1-6,9H2. The Kier molecular flexibility index (Phi) is 4.31. The number of aliphatic hydroxyl groups is 1. The van der Waals surface area contributed by atoms with Crippen LogP contribution < -0.4 is 14.8 Å². The highest BCUT2D eigenvalue weighted by Gasteiger charge is 2.25. The zero-order valence-electron chi connectivity index (χ0n) is 11.3. The summed E-state index contributed by atoms with van der Waals surface area (Å²) in [5.41, 5.74) is 0.976. The molecule has 1 aromatic rings. The van der Waals surface area contributed by atoms with Crippen LogP contribution in [0.15, 0.2) is 12.1 Å². The molecule has 2 aliphatic heterocycles. The van der Waals surface area contributed by atoms with Gasteiger partial charge < -0.3 is 19.9 Å². The molecule has 2 heterocycles. The van der Waals surface area contributed by atoms with Crippen molar-refractivity contribution in [2.75, 3.05) is 46.0 Å². The van der Waals surface area contributed by atoms with Gasteiger partial charge in [-0.2, -0.15) is 0 Å². The molecule has 5 nitrogen and oxygen atoms in total. The number of nitrogens with one attached hydrogen (secondary N) is 1. The van der Waals surface area contributed by atoms with E-state index in [4.69, 9.17) is 21.1 Å². The largest absolute Gasteiger partial charge is 0.486 e. The van der Waals surface area contributed by atoms with E-state index in [0.717, 1.165) is 31.7 Å². The molecule has 1 unspecified atom stereocenters. The van der Waals surface area contributed by atoms with Gasteiger partial charge in [-0.3, -0.25) is 4.90 Å². The van der Waals surface area contributed by atoms with Gasteiger partial charge in [0.1, 0.15) is 13.2 Å². The Labute approximate surface area is 123 Å². The molecule has 0 bridgehead atoms. The van der Waals surface area contributed by atoms with Crippen molar-refractivity contribution in [3.05, 3.63) is 22.7 Å². The monoisotopic (exact) mass is 298 g/mol. The highest BCUT2D eigenvalue weighted by atomic mass is 35.5. The zero-order valence-corrected chi connectivity index (χ0v) is 12.0. The highest BCUT2D eigenvalue weighted by molar-refractivity contribution is 6.32. The molecule has 1 fully saturated rings. The van der Waals surface area contributed by atoms with Crippen molar-refractivity contribution in [2.45, 2.75) is 6.04 Å². The van der Waals surface area contributed by atoms with Crippen molar-refractivity contribution >= 4 is 11.6 Å². The maximum Gasteiger partial charge on any atom is 0.179 e. The van der Waals surface area contributed by atoms with Crippen molar-refractivity contribution in [1.82, 2.24) is 10.2 Å². The molecule has 2 N–H and O–H groups in total. The third kappa shape index (κ3) is 2.72. The molecular weight excluding hydrogens is 280 g/mol. The first-order valence-electron chi connectivity index (χ1n) is 6.94. The van der Waals surface area contributed by atoms with Crippen LogP contribution in [-0.4, -0.2) is 56.0 Å². The summed E-state index contributed by atoms with van der Waals surface area (Å²) < 4.78 is 11.1. The van der Waals surface area contributed by atoms with Gasteiger partial charge in [0.05, 0.1) is 17.7 Å².